The lowest BCUT2D eigenvalue weighted by Gasteiger charge is -2.44. The summed E-state index contributed by atoms with van der Waals surface area (Å²) in [7, 11) is 0. The number of rotatable bonds is 7. The molecular formula is C17H25NO10. The average molecular weight is 403 g/mol. The number of hydrogen-bond donors (Lipinski definition) is 1. The molecule has 1 fully saturated rings. The van der Waals surface area contributed by atoms with Gasteiger partial charge in [0.1, 0.15) is 18.8 Å². The molecule has 11 heteroatoms. The predicted molar refractivity (Wildman–Crippen MR) is 90.4 cm³/mol. The van der Waals surface area contributed by atoms with Crippen LogP contribution in [0.3, 0.4) is 0 Å². The van der Waals surface area contributed by atoms with Crippen LogP contribution in [-0.2, 0) is 47.7 Å². The quantitative estimate of drug-likeness (QED) is 0.440. The van der Waals surface area contributed by atoms with Gasteiger partial charge in [-0.05, 0) is 0 Å². The first kappa shape index (κ1) is 23.3. The first-order valence-corrected chi connectivity index (χ1v) is 8.65. The van der Waals surface area contributed by atoms with Crippen LogP contribution < -0.4 is 5.32 Å². The summed E-state index contributed by atoms with van der Waals surface area (Å²) in [6.07, 6.45) is -4.88. The summed E-state index contributed by atoms with van der Waals surface area (Å²) in [5.41, 5.74) is 0. The van der Waals surface area contributed by atoms with Gasteiger partial charge in [-0.3, -0.25) is 24.0 Å². The van der Waals surface area contributed by atoms with Gasteiger partial charge in [0.25, 0.3) is 0 Å². The smallest absolute Gasteiger partial charge is 0.305 e. The Kier molecular flexibility index (Phi) is 8.83. The minimum absolute atomic E-state index is 0.0885. The van der Waals surface area contributed by atoms with Gasteiger partial charge in [-0.15, -0.1) is 0 Å². The molecule has 1 saturated heterocycles. The molecule has 0 spiro atoms. The Hall–Kier alpha value is -2.69. The third kappa shape index (κ3) is 7.14. The first-order valence-electron chi connectivity index (χ1n) is 8.65. The maximum absolute atomic E-state index is 11.9. The highest BCUT2D eigenvalue weighted by atomic mass is 16.7. The lowest BCUT2D eigenvalue weighted by Crippen LogP contribution is -2.66. The molecule has 0 aromatic heterocycles. The third-order valence-corrected chi connectivity index (χ3v) is 3.63. The highest BCUT2D eigenvalue weighted by molar-refractivity contribution is 5.76. The number of nitrogens with one attached hydrogen (secondary N) is 1. The lowest BCUT2D eigenvalue weighted by molar-refractivity contribution is -0.271. The zero-order valence-electron chi connectivity index (χ0n) is 16.4. The molecule has 0 radical (unpaired) electrons. The Labute approximate surface area is 161 Å². The Bertz CT molecular complexity index is 619. The van der Waals surface area contributed by atoms with E-state index in [1.54, 1.807) is 6.92 Å². The van der Waals surface area contributed by atoms with Gasteiger partial charge in [0.05, 0.1) is 0 Å². The van der Waals surface area contributed by atoms with Crippen LogP contribution in [0.2, 0.25) is 0 Å². The van der Waals surface area contributed by atoms with Crippen LogP contribution in [0.4, 0.5) is 0 Å². The Morgan fingerprint density at radius 1 is 0.821 bits per heavy atom. The molecule has 11 nitrogen and oxygen atoms in total. The zero-order chi connectivity index (χ0) is 21.4. The maximum atomic E-state index is 11.9. The summed E-state index contributed by atoms with van der Waals surface area (Å²) >= 11 is 0. The Balaban J connectivity index is 3.31. The fourth-order valence-electron chi connectivity index (χ4n) is 2.61. The lowest BCUT2D eigenvalue weighted by atomic mass is 9.96. The average Bonchev–Trinajstić information content (AvgIpc) is 2.56. The summed E-state index contributed by atoms with van der Waals surface area (Å²) in [6, 6.07) is -1.15. The van der Waals surface area contributed by atoms with E-state index in [0.29, 0.717) is 0 Å². The maximum Gasteiger partial charge on any atom is 0.305 e. The normalized spacial score (nSPS) is 26.5. The summed E-state index contributed by atoms with van der Waals surface area (Å²) in [6.45, 7) is 5.78. The van der Waals surface area contributed by atoms with Crippen molar-refractivity contribution in [2.24, 2.45) is 0 Å². The molecule has 1 aliphatic rings. The van der Waals surface area contributed by atoms with E-state index in [1.807, 2.05) is 0 Å². The molecule has 0 aromatic carbocycles. The van der Waals surface area contributed by atoms with Crippen molar-refractivity contribution in [1.82, 2.24) is 5.32 Å². The SMILES string of the molecule is CCC(=O)N[C@H]1C(OC(C)=O)[C@H](OC(C)=O)C(COC(C)=O)O[C@H]1OC(C)=O. The molecule has 1 amide bonds. The number of ether oxygens (including phenoxy) is 5. The van der Waals surface area contributed by atoms with E-state index in [2.05, 4.69) is 5.32 Å². The second-order valence-corrected chi connectivity index (χ2v) is 6.05. The van der Waals surface area contributed by atoms with E-state index >= 15 is 0 Å². The van der Waals surface area contributed by atoms with Crippen LogP contribution in [0.25, 0.3) is 0 Å². The molecule has 28 heavy (non-hydrogen) atoms. The molecule has 5 atom stereocenters. The van der Waals surface area contributed by atoms with Gasteiger partial charge < -0.3 is 29.0 Å². The fraction of sp³-hybridized carbons (Fsp3) is 0.706. The highest BCUT2D eigenvalue weighted by Gasteiger charge is 2.52. The van der Waals surface area contributed by atoms with Crippen molar-refractivity contribution in [3.63, 3.8) is 0 Å². The van der Waals surface area contributed by atoms with Gasteiger partial charge in [0, 0.05) is 34.1 Å². The van der Waals surface area contributed by atoms with Gasteiger partial charge in [-0.25, -0.2) is 0 Å². The van der Waals surface area contributed by atoms with Gasteiger partial charge in [-0.1, -0.05) is 6.92 Å². The molecule has 1 aliphatic heterocycles. The molecular weight excluding hydrogens is 378 g/mol. The van der Waals surface area contributed by atoms with Gasteiger partial charge in [0.2, 0.25) is 12.2 Å². The minimum atomic E-state index is -1.37. The van der Waals surface area contributed by atoms with E-state index in [-0.39, 0.29) is 13.0 Å². The molecule has 0 bridgehead atoms. The van der Waals surface area contributed by atoms with Crippen LogP contribution in [0.15, 0.2) is 0 Å². The second-order valence-electron chi connectivity index (χ2n) is 6.05. The van der Waals surface area contributed by atoms with E-state index in [9.17, 15) is 24.0 Å². The number of esters is 4. The number of hydrogen-bond acceptors (Lipinski definition) is 10. The second kappa shape index (κ2) is 10.6. The van der Waals surface area contributed by atoms with Gasteiger partial charge in [-0.2, -0.15) is 0 Å². The molecule has 2 unspecified atom stereocenters. The Morgan fingerprint density at radius 2 is 1.36 bits per heavy atom. The van der Waals surface area contributed by atoms with Crippen molar-refractivity contribution in [2.45, 2.75) is 71.7 Å². The monoisotopic (exact) mass is 403 g/mol. The molecule has 1 heterocycles. The topological polar surface area (TPSA) is 144 Å². The van der Waals surface area contributed by atoms with Gasteiger partial charge >= 0.3 is 23.9 Å². The number of amides is 1. The fourth-order valence-corrected chi connectivity index (χ4v) is 2.61. The summed E-state index contributed by atoms with van der Waals surface area (Å²) in [4.78, 5) is 57.8. The van der Waals surface area contributed by atoms with Gasteiger partial charge in [0.15, 0.2) is 12.2 Å². The highest BCUT2D eigenvalue weighted by Crippen LogP contribution is 2.28. The molecule has 0 saturated carbocycles. The number of carbonyl (C=O) groups excluding carboxylic acids is 5. The zero-order valence-corrected chi connectivity index (χ0v) is 16.4. The van der Waals surface area contributed by atoms with Crippen molar-refractivity contribution in [1.29, 1.82) is 0 Å². The Morgan fingerprint density at radius 3 is 1.82 bits per heavy atom. The van der Waals surface area contributed by atoms with Crippen molar-refractivity contribution >= 4 is 29.8 Å². The van der Waals surface area contributed by atoms with E-state index in [1.165, 1.54) is 6.92 Å². The molecule has 0 aromatic rings. The van der Waals surface area contributed by atoms with E-state index in [4.69, 9.17) is 23.7 Å². The van der Waals surface area contributed by atoms with Crippen LogP contribution in [0.5, 0.6) is 0 Å². The predicted octanol–water partition coefficient (Wildman–Crippen LogP) is -0.404. The van der Waals surface area contributed by atoms with Crippen molar-refractivity contribution in [3.05, 3.63) is 0 Å². The number of carbonyl (C=O) groups is 5. The van der Waals surface area contributed by atoms with Crippen LogP contribution in [0.1, 0.15) is 41.0 Å². The van der Waals surface area contributed by atoms with Crippen molar-refractivity contribution in [2.75, 3.05) is 6.61 Å². The standard InChI is InChI=1S/C17H25NO10/c1-6-13(23)18-14-16(26-10(4)21)15(25-9(3)20)12(7-24-8(2)19)28-17(14)27-11(5)22/h12,14-17H,6-7H2,1-5H3,(H,18,23)/t12?,14-,15+,16?,17+/m0/s1. The molecule has 0 aliphatic carbocycles. The molecule has 158 valence electrons. The van der Waals surface area contributed by atoms with Crippen molar-refractivity contribution < 1.29 is 47.7 Å². The van der Waals surface area contributed by atoms with Crippen LogP contribution in [0, 0.1) is 0 Å². The van der Waals surface area contributed by atoms with Crippen molar-refractivity contribution in [3.8, 4) is 0 Å². The molecule has 1 rings (SSSR count). The summed E-state index contributed by atoms with van der Waals surface area (Å²) in [5.74, 6) is -3.24. The van der Waals surface area contributed by atoms with E-state index in [0.717, 1.165) is 20.8 Å². The summed E-state index contributed by atoms with van der Waals surface area (Å²) in [5, 5.41) is 2.55. The third-order valence-electron chi connectivity index (χ3n) is 3.63. The van der Waals surface area contributed by atoms with E-state index < -0.39 is 60.4 Å². The van der Waals surface area contributed by atoms with Crippen LogP contribution in [-0.4, -0.2) is 67.0 Å². The summed E-state index contributed by atoms with van der Waals surface area (Å²) < 4.78 is 26.1. The minimum Gasteiger partial charge on any atom is -0.463 e. The first-order chi connectivity index (χ1) is 13.0. The largest absolute Gasteiger partial charge is 0.463 e. The van der Waals surface area contributed by atoms with Crippen LogP contribution >= 0.6 is 0 Å². The molecule has 1 N–H and O–H groups in total.